The summed E-state index contributed by atoms with van der Waals surface area (Å²) in [6, 6.07) is 21.4. The van der Waals surface area contributed by atoms with Crippen LogP contribution in [0.2, 0.25) is 0 Å². The first-order valence-electron chi connectivity index (χ1n) is 10.2. The molecule has 5 heteroatoms. The standard InChI is InChI=1S/C26H29NO4/c1-19-5-14-25(20(2)15-19)31-18-26(28)27(16-21-6-10-23(29-3)11-7-21)17-22-8-12-24(30-4)13-9-22/h5-15H,16-18H2,1-4H3. The number of nitrogens with zero attached hydrogens (tertiary/aromatic N) is 1. The molecule has 0 heterocycles. The Labute approximate surface area is 184 Å². The van der Waals surface area contributed by atoms with Crippen LogP contribution >= 0.6 is 0 Å². The quantitative estimate of drug-likeness (QED) is 0.494. The number of aryl methyl sites for hydroxylation is 2. The van der Waals surface area contributed by atoms with Crippen LogP contribution in [0.5, 0.6) is 17.2 Å². The zero-order chi connectivity index (χ0) is 22.2. The molecule has 0 aliphatic carbocycles. The first-order chi connectivity index (χ1) is 15.0. The van der Waals surface area contributed by atoms with Crippen LogP contribution < -0.4 is 14.2 Å². The SMILES string of the molecule is COc1ccc(CN(Cc2ccc(OC)cc2)C(=O)COc2ccc(C)cc2C)cc1. The van der Waals surface area contributed by atoms with E-state index in [9.17, 15) is 4.79 Å². The van der Waals surface area contributed by atoms with Crippen molar-refractivity contribution < 1.29 is 19.0 Å². The van der Waals surface area contributed by atoms with Crippen LogP contribution in [0.25, 0.3) is 0 Å². The van der Waals surface area contributed by atoms with E-state index in [2.05, 4.69) is 0 Å². The van der Waals surface area contributed by atoms with Crippen molar-refractivity contribution in [1.82, 2.24) is 4.90 Å². The molecule has 0 saturated heterocycles. The van der Waals surface area contributed by atoms with Crippen molar-refractivity contribution in [2.45, 2.75) is 26.9 Å². The van der Waals surface area contributed by atoms with Gasteiger partial charge in [0.1, 0.15) is 17.2 Å². The number of benzene rings is 3. The van der Waals surface area contributed by atoms with Gasteiger partial charge in [0.2, 0.25) is 0 Å². The summed E-state index contributed by atoms with van der Waals surface area (Å²) in [4.78, 5) is 14.9. The smallest absolute Gasteiger partial charge is 0.261 e. The van der Waals surface area contributed by atoms with Crippen LogP contribution in [0.15, 0.2) is 66.7 Å². The molecular weight excluding hydrogens is 390 g/mol. The van der Waals surface area contributed by atoms with E-state index >= 15 is 0 Å². The van der Waals surface area contributed by atoms with Crippen molar-refractivity contribution in [1.29, 1.82) is 0 Å². The number of ether oxygens (including phenoxy) is 3. The predicted molar refractivity (Wildman–Crippen MR) is 122 cm³/mol. The topological polar surface area (TPSA) is 48.0 Å². The molecule has 0 aliphatic heterocycles. The molecule has 0 N–H and O–H groups in total. The lowest BCUT2D eigenvalue weighted by molar-refractivity contribution is -0.134. The van der Waals surface area contributed by atoms with Crippen LogP contribution in [-0.4, -0.2) is 31.6 Å². The van der Waals surface area contributed by atoms with E-state index < -0.39 is 0 Å². The minimum absolute atomic E-state index is 0.0176. The highest BCUT2D eigenvalue weighted by Gasteiger charge is 2.16. The van der Waals surface area contributed by atoms with E-state index in [1.165, 1.54) is 0 Å². The number of methoxy groups -OCH3 is 2. The van der Waals surface area contributed by atoms with Crippen molar-refractivity contribution in [2.24, 2.45) is 0 Å². The van der Waals surface area contributed by atoms with Gasteiger partial charge in [-0.2, -0.15) is 0 Å². The molecule has 0 bridgehead atoms. The lowest BCUT2D eigenvalue weighted by Crippen LogP contribution is -2.34. The molecule has 3 aromatic rings. The van der Waals surface area contributed by atoms with Crippen molar-refractivity contribution in [2.75, 3.05) is 20.8 Å². The van der Waals surface area contributed by atoms with Gasteiger partial charge in [-0.1, -0.05) is 42.0 Å². The Bertz CT molecular complexity index is 947. The number of rotatable bonds is 9. The average molecular weight is 420 g/mol. The Hall–Kier alpha value is -3.47. The van der Waals surface area contributed by atoms with Crippen molar-refractivity contribution in [3.63, 3.8) is 0 Å². The molecule has 0 radical (unpaired) electrons. The first kappa shape index (κ1) is 22.2. The van der Waals surface area contributed by atoms with Crippen LogP contribution in [0.4, 0.5) is 0 Å². The maximum atomic E-state index is 13.1. The molecule has 0 saturated carbocycles. The second-order valence-electron chi connectivity index (χ2n) is 7.50. The van der Waals surface area contributed by atoms with Gasteiger partial charge in [0.25, 0.3) is 5.91 Å². The van der Waals surface area contributed by atoms with Gasteiger partial charge >= 0.3 is 0 Å². The van der Waals surface area contributed by atoms with Crippen LogP contribution in [0.1, 0.15) is 22.3 Å². The summed E-state index contributed by atoms with van der Waals surface area (Å²) in [6.45, 7) is 4.96. The van der Waals surface area contributed by atoms with Gasteiger partial charge in [-0.05, 0) is 60.9 Å². The second kappa shape index (κ2) is 10.5. The molecule has 3 aromatic carbocycles. The number of hydrogen-bond donors (Lipinski definition) is 0. The van der Waals surface area contributed by atoms with E-state index in [1.807, 2.05) is 80.6 Å². The molecule has 0 aromatic heterocycles. The van der Waals surface area contributed by atoms with E-state index in [0.717, 1.165) is 39.5 Å². The summed E-state index contributed by atoms with van der Waals surface area (Å²) < 4.78 is 16.3. The van der Waals surface area contributed by atoms with Crippen LogP contribution in [-0.2, 0) is 17.9 Å². The van der Waals surface area contributed by atoms with Crippen molar-refractivity contribution in [3.05, 3.63) is 89.0 Å². The van der Waals surface area contributed by atoms with Gasteiger partial charge in [-0.15, -0.1) is 0 Å². The van der Waals surface area contributed by atoms with E-state index in [-0.39, 0.29) is 12.5 Å². The Kier molecular flexibility index (Phi) is 7.55. The highest BCUT2D eigenvalue weighted by Crippen LogP contribution is 2.20. The lowest BCUT2D eigenvalue weighted by atomic mass is 10.1. The Morgan fingerprint density at radius 2 is 1.29 bits per heavy atom. The van der Waals surface area contributed by atoms with Crippen molar-refractivity contribution >= 4 is 5.91 Å². The summed E-state index contributed by atoms with van der Waals surface area (Å²) in [5, 5.41) is 0. The maximum Gasteiger partial charge on any atom is 0.261 e. The number of hydrogen-bond acceptors (Lipinski definition) is 4. The maximum absolute atomic E-state index is 13.1. The number of amides is 1. The van der Waals surface area contributed by atoms with E-state index in [4.69, 9.17) is 14.2 Å². The largest absolute Gasteiger partial charge is 0.497 e. The minimum Gasteiger partial charge on any atom is -0.497 e. The summed E-state index contributed by atoms with van der Waals surface area (Å²) in [5.74, 6) is 2.23. The van der Waals surface area contributed by atoms with E-state index in [1.54, 1.807) is 19.1 Å². The zero-order valence-electron chi connectivity index (χ0n) is 18.6. The number of carbonyl (C=O) groups is 1. The predicted octanol–water partition coefficient (Wildman–Crippen LogP) is 4.93. The third-order valence-electron chi connectivity index (χ3n) is 5.10. The molecule has 0 fully saturated rings. The van der Waals surface area contributed by atoms with E-state index in [0.29, 0.717) is 13.1 Å². The monoisotopic (exact) mass is 419 g/mol. The fourth-order valence-corrected chi connectivity index (χ4v) is 3.33. The third-order valence-corrected chi connectivity index (χ3v) is 5.10. The molecule has 0 spiro atoms. The summed E-state index contributed by atoms with van der Waals surface area (Å²) in [6.07, 6.45) is 0. The highest BCUT2D eigenvalue weighted by atomic mass is 16.5. The van der Waals surface area contributed by atoms with Gasteiger partial charge in [-0.3, -0.25) is 4.79 Å². The first-order valence-corrected chi connectivity index (χ1v) is 10.2. The molecule has 31 heavy (non-hydrogen) atoms. The second-order valence-corrected chi connectivity index (χ2v) is 7.50. The molecule has 0 atom stereocenters. The normalized spacial score (nSPS) is 10.5. The average Bonchev–Trinajstić information content (AvgIpc) is 2.79. The lowest BCUT2D eigenvalue weighted by Gasteiger charge is -2.24. The Morgan fingerprint density at radius 3 is 1.74 bits per heavy atom. The summed E-state index contributed by atoms with van der Waals surface area (Å²) in [7, 11) is 3.28. The van der Waals surface area contributed by atoms with Gasteiger partial charge < -0.3 is 19.1 Å². The molecule has 5 nitrogen and oxygen atoms in total. The zero-order valence-corrected chi connectivity index (χ0v) is 18.6. The molecular formula is C26H29NO4. The molecule has 3 rings (SSSR count). The van der Waals surface area contributed by atoms with Crippen LogP contribution in [0, 0.1) is 13.8 Å². The molecule has 1 amide bonds. The fraction of sp³-hybridized carbons (Fsp3) is 0.269. The summed E-state index contributed by atoms with van der Waals surface area (Å²) >= 11 is 0. The van der Waals surface area contributed by atoms with Gasteiger partial charge in [0, 0.05) is 13.1 Å². The van der Waals surface area contributed by atoms with Crippen molar-refractivity contribution in [3.8, 4) is 17.2 Å². The van der Waals surface area contributed by atoms with Gasteiger partial charge in [0.15, 0.2) is 6.61 Å². The highest BCUT2D eigenvalue weighted by molar-refractivity contribution is 5.78. The molecule has 0 unspecified atom stereocenters. The Balaban J connectivity index is 1.74. The third kappa shape index (κ3) is 6.25. The van der Waals surface area contributed by atoms with Crippen LogP contribution in [0.3, 0.4) is 0 Å². The Morgan fingerprint density at radius 1 is 0.774 bits per heavy atom. The number of carbonyl (C=O) groups excluding carboxylic acids is 1. The molecule has 162 valence electrons. The van der Waals surface area contributed by atoms with Gasteiger partial charge in [0.05, 0.1) is 14.2 Å². The minimum atomic E-state index is -0.0772. The van der Waals surface area contributed by atoms with Gasteiger partial charge in [-0.25, -0.2) is 0 Å². The fourth-order valence-electron chi connectivity index (χ4n) is 3.33. The molecule has 0 aliphatic rings. The summed E-state index contributed by atoms with van der Waals surface area (Å²) in [5.41, 5.74) is 4.23.